The molecule has 0 bridgehead atoms. The molecule has 2 N–H and O–H groups in total. The van der Waals surface area contributed by atoms with E-state index in [0.29, 0.717) is 34.9 Å². The second kappa shape index (κ2) is 12.2. The molecule has 32 heavy (non-hydrogen) atoms. The second-order valence-corrected chi connectivity index (χ2v) is 22.0. The molecule has 0 saturated carbocycles. The average Bonchev–Trinajstić information content (AvgIpc) is 2.66. The Hall–Kier alpha value is -0.646. The van der Waals surface area contributed by atoms with Crippen molar-refractivity contribution in [3.8, 4) is 11.5 Å². The van der Waals surface area contributed by atoms with Crippen molar-refractivity contribution < 1.29 is 14.6 Å². The molecule has 1 rings (SSSR count). The van der Waals surface area contributed by atoms with Crippen molar-refractivity contribution in [3.05, 3.63) is 23.3 Å². The van der Waals surface area contributed by atoms with E-state index in [1.54, 1.807) is 0 Å². The smallest absolute Gasteiger partial charge is 0.200 e. The lowest BCUT2D eigenvalue weighted by Gasteiger charge is -2.43. The summed E-state index contributed by atoms with van der Waals surface area (Å²) in [5.41, 5.74) is 6.92. The van der Waals surface area contributed by atoms with Gasteiger partial charge < -0.3 is 14.6 Å². The Morgan fingerprint density at radius 3 is 2.00 bits per heavy atom. The molecule has 1 aliphatic rings. The highest BCUT2D eigenvalue weighted by Gasteiger charge is 2.45. The van der Waals surface area contributed by atoms with Crippen molar-refractivity contribution in [1.29, 1.82) is 0 Å². The van der Waals surface area contributed by atoms with Crippen molar-refractivity contribution in [1.82, 2.24) is 0 Å². The van der Waals surface area contributed by atoms with E-state index in [0.717, 1.165) is 24.2 Å². The van der Waals surface area contributed by atoms with Crippen molar-refractivity contribution in [2.24, 2.45) is 11.8 Å². The summed E-state index contributed by atoms with van der Waals surface area (Å²) >= 11 is 0. The van der Waals surface area contributed by atoms with Crippen LogP contribution in [0.15, 0.2) is 23.3 Å². The zero-order chi connectivity index (χ0) is 24.9. The SMILES string of the molecule is CC1=CCC([C@H](C)CO[Si](C(C)C)(C(C)C)C(C)C)C=C1C(O)[C@H](O)CC#C[Si](C)(C)C. The van der Waals surface area contributed by atoms with Gasteiger partial charge in [-0.25, -0.2) is 0 Å². The highest BCUT2D eigenvalue weighted by atomic mass is 28.4. The summed E-state index contributed by atoms with van der Waals surface area (Å²) in [5, 5.41) is 21.5. The zero-order valence-corrected chi connectivity index (χ0v) is 24.6. The van der Waals surface area contributed by atoms with E-state index in [1.807, 2.05) is 6.92 Å². The Labute approximate surface area is 200 Å². The summed E-state index contributed by atoms with van der Waals surface area (Å²) in [6.07, 6.45) is 3.91. The van der Waals surface area contributed by atoms with Crippen LogP contribution in [0.2, 0.25) is 36.3 Å². The van der Waals surface area contributed by atoms with Crippen molar-refractivity contribution in [2.75, 3.05) is 6.61 Å². The Morgan fingerprint density at radius 2 is 1.53 bits per heavy atom. The molecule has 1 aliphatic carbocycles. The van der Waals surface area contributed by atoms with Crippen LogP contribution in [0.4, 0.5) is 0 Å². The fourth-order valence-electron chi connectivity index (χ4n) is 5.23. The van der Waals surface area contributed by atoms with E-state index in [4.69, 9.17) is 4.43 Å². The molecule has 2 unspecified atom stereocenters. The van der Waals surface area contributed by atoms with Gasteiger partial charge in [0.05, 0.1) is 6.10 Å². The second-order valence-electron chi connectivity index (χ2n) is 11.8. The fourth-order valence-corrected chi connectivity index (χ4v) is 11.4. The van der Waals surface area contributed by atoms with Crippen LogP contribution in [0.5, 0.6) is 0 Å². The maximum Gasteiger partial charge on any atom is 0.200 e. The van der Waals surface area contributed by atoms with E-state index >= 15 is 0 Å². The molecule has 0 spiro atoms. The fraction of sp³-hybridized carbons (Fsp3) is 0.778. The van der Waals surface area contributed by atoms with Gasteiger partial charge in [0.25, 0.3) is 0 Å². The lowest BCUT2D eigenvalue weighted by atomic mass is 9.81. The summed E-state index contributed by atoms with van der Waals surface area (Å²) in [7, 11) is -3.37. The molecule has 0 radical (unpaired) electrons. The van der Waals surface area contributed by atoms with Crippen LogP contribution in [0.3, 0.4) is 0 Å². The summed E-state index contributed by atoms with van der Waals surface area (Å²) in [5.74, 6) is 3.76. The van der Waals surface area contributed by atoms with E-state index < -0.39 is 28.6 Å². The van der Waals surface area contributed by atoms with Gasteiger partial charge in [0.2, 0.25) is 0 Å². The normalized spacial score (nSPS) is 20.6. The number of allylic oxidation sites excluding steroid dienone is 2. The third-order valence-electron chi connectivity index (χ3n) is 7.04. The first kappa shape index (κ1) is 29.4. The molecule has 0 heterocycles. The van der Waals surface area contributed by atoms with E-state index in [9.17, 15) is 10.2 Å². The Bertz CT molecular complexity index is 698. The van der Waals surface area contributed by atoms with Crippen LogP contribution < -0.4 is 0 Å². The van der Waals surface area contributed by atoms with Crippen LogP contribution in [0.25, 0.3) is 0 Å². The predicted octanol–water partition coefficient (Wildman–Crippen LogP) is 6.70. The summed E-state index contributed by atoms with van der Waals surface area (Å²) in [4.78, 5) is 0. The minimum absolute atomic E-state index is 0.307. The molecule has 5 heteroatoms. The van der Waals surface area contributed by atoms with E-state index in [1.165, 1.54) is 0 Å². The minimum atomic E-state index is -1.89. The first-order chi connectivity index (χ1) is 14.6. The first-order valence-corrected chi connectivity index (χ1v) is 18.2. The van der Waals surface area contributed by atoms with Crippen LogP contribution >= 0.6 is 0 Å². The number of hydrogen-bond donors (Lipinski definition) is 2. The van der Waals surface area contributed by atoms with Crippen LogP contribution in [0, 0.1) is 23.3 Å². The van der Waals surface area contributed by atoms with Gasteiger partial charge >= 0.3 is 0 Å². The third kappa shape index (κ3) is 7.70. The van der Waals surface area contributed by atoms with Gasteiger partial charge in [0.15, 0.2) is 8.32 Å². The van der Waals surface area contributed by atoms with Gasteiger partial charge in [-0.1, -0.05) is 80.3 Å². The van der Waals surface area contributed by atoms with Gasteiger partial charge in [-0.15, -0.1) is 11.5 Å². The number of aliphatic hydroxyl groups is 2. The van der Waals surface area contributed by atoms with Gasteiger partial charge in [-0.3, -0.25) is 0 Å². The molecule has 184 valence electrons. The van der Waals surface area contributed by atoms with Crippen molar-refractivity contribution in [3.63, 3.8) is 0 Å². The molecule has 0 aromatic rings. The van der Waals surface area contributed by atoms with Crippen LogP contribution in [-0.4, -0.2) is 45.4 Å². The lowest BCUT2D eigenvalue weighted by molar-refractivity contribution is 0.0458. The molecule has 0 aromatic carbocycles. The average molecular weight is 479 g/mol. The summed E-state index contributed by atoms with van der Waals surface area (Å²) in [6.45, 7) is 25.5. The Morgan fingerprint density at radius 1 is 1.00 bits per heavy atom. The molecular weight excluding hydrogens is 428 g/mol. The number of rotatable bonds is 10. The maximum atomic E-state index is 10.9. The topological polar surface area (TPSA) is 49.7 Å². The molecular formula is C27H50O3Si2. The van der Waals surface area contributed by atoms with Crippen LogP contribution in [0.1, 0.15) is 68.2 Å². The molecule has 0 aromatic heterocycles. The Balaban J connectivity index is 2.94. The van der Waals surface area contributed by atoms with Crippen molar-refractivity contribution in [2.45, 2.75) is 117 Å². The van der Waals surface area contributed by atoms with E-state index in [-0.39, 0.29) is 0 Å². The van der Waals surface area contributed by atoms with Gasteiger partial charge in [-0.2, -0.15) is 0 Å². The molecule has 3 nitrogen and oxygen atoms in total. The summed E-state index contributed by atoms with van der Waals surface area (Å²) in [6, 6.07) is 0. The number of aliphatic hydroxyl groups excluding tert-OH is 2. The highest BCUT2D eigenvalue weighted by Crippen LogP contribution is 2.43. The van der Waals surface area contributed by atoms with Crippen molar-refractivity contribution >= 4 is 16.4 Å². The monoisotopic (exact) mass is 478 g/mol. The largest absolute Gasteiger partial charge is 0.416 e. The highest BCUT2D eigenvalue weighted by molar-refractivity contribution is 6.83. The predicted molar refractivity (Wildman–Crippen MR) is 144 cm³/mol. The maximum absolute atomic E-state index is 10.9. The van der Waals surface area contributed by atoms with Gasteiger partial charge in [-0.05, 0) is 53.0 Å². The van der Waals surface area contributed by atoms with E-state index in [2.05, 4.69) is 91.7 Å². The minimum Gasteiger partial charge on any atom is -0.416 e. The Kier molecular flexibility index (Phi) is 11.2. The molecule has 0 fully saturated rings. The number of hydrogen-bond acceptors (Lipinski definition) is 3. The molecule has 0 aliphatic heterocycles. The van der Waals surface area contributed by atoms with Crippen LogP contribution in [-0.2, 0) is 4.43 Å². The quantitative estimate of drug-likeness (QED) is 0.271. The molecule has 0 amide bonds. The lowest BCUT2D eigenvalue weighted by Crippen LogP contribution is -2.48. The molecule has 0 saturated heterocycles. The zero-order valence-electron chi connectivity index (χ0n) is 22.6. The first-order valence-electron chi connectivity index (χ1n) is 12.5. The summed E-state index contributed by atoms with van der Waals surface area (Å²) < 4.78 is 6.85. The third-order valence-corrected chi connectivity index (χ3v) is 14.0. The van der Waals surface area contributed by atoms with Gasteiger partial charge in [0, 0.05) is 13.0 Å². The standard InChI is InChI=1S/C27H50O3Si2/c1-19(2)32(20(3)4,21(5)6)30-18-23(8)24-15-14-22(7)25(17-24)27(29)26(28)13-12-16-31(9,10)11/h14,17,19-21,23-24,26-29H,13,15,18H2,1-11H3/t23-,24?,26-,27?/m1/s1. The molecule has 4 atom stereocenters. The van der Waals surface area contributed by atoms with Gasteiger partial charge in [0.1, 0.15) is 14.2 Å².